The Morgan fingerprint density at radius 2 is 2.07 bits per heavy atom. The van der Waals surface area contributed by atoms with E-state index in [4.69, 9.17) is 15.2 Å². The van der Waals surface area contributed by atoms with Gasteiger partial charge in [-0.2, -0.15) is 0 Å². The number of carbonyl (C=O) groups excluding carboxylic acids is 1. The predicted octanol–water partition coefficient (Wildman–Crippen LogP) is 0.939. The molecule has 0 aromatic rings. The maximum absolute atomic E-state index is 11.2. The third kappa shape index (κ3) is 6.86. The first-order valence-corrected chi connectivity index (χ1v) is 4.99. The van der Waals surface area contributed by atoms with Crippen molar-refractivity contribution >= 4 is 5.97 Å². The number of hydrogen-bond acceptors (Lipinski definition) is 4. The van der Waals surface area contributed by atoms with Crippen LogP contribution in [0.4, 0.5) is 0 Å². The molecule has 0 saturated carbocycles. The van der Waals surface area contributed by atoms with Crippen molar-refractivity contribution in [2.24, 2.45) is 11.7 Å². The minimum absolute atomic E-state index is 0.211. The van der Waals surface area contributed by atoms with Crippen molar-refractivity contribution in [2.45, 2.75) is 32.7 Å². The first kappa shape index (κ1) is 13.4. The Morgan fingerprint density at radius 3 is 2.57 bits per heavy atom. The number of methoxy groups -OCH3 is 1. The van der Waals surface area contributed by atoms with Gasteiger partial charge in [-0.3, -0.25) is 4.79 Å². The van der Waals surface area contributed by atoms with Gasteiger partial charge in [0.15, 0.2) is 0 Å². The summed E-state index contributed by atoms with van der Waals surface area (Å²) in [6.45, 7) is 4.94. The molecule has 84 valence electrons. The number of esters is 1. The fourth-order valence-electron chi connectivity index (χ4n) is 1.02. The van der Waals surface area contributed by atoms with E-state index in [1.54, 1.807) is 0 Å². The summed E-state index contributed by atoms with van der Waals surface area (Å²) in [7, 11) is 1.51. The lowest BCUT2D eigenvalue weighted by atomic mass is 10.1. The second kappa shape index (κ2) is 7.76. The van der Waals surface area contributed by atoms with Crippen LogP contribution in [0.5, 0.6) is 0 Å². The van der Waals surface area contributed by atoms with Gasteiger partial charge in [-0.25, -0.2) is 0 Å². The molecule has 0 heterocycles. The molecule has 4 nitrogen and oxygen atoms in total. The van der Waals surface area contributed by atoms with Crippen LogP contribution in [0.25, 0.3) is 0 Å². The Kier molecular flexibility index (Phi) is 7.42. The third-order valence-electron chi connectivity index (χ3n) is 1.82. The van der Waals surface area contributed by atoms with Gasteiger partial charge in [-0.15, -0.1) is 0 Å². The second-order valence-corrected chi connectivity index (χ2v) is 3.77. The summed E-state index contributed by atoms with van der Waals surface area (Å²) < 4.78 is 9.71. The molecule has 1 unspecified atom stereocenters. The lowest BCUT2D eigenvalue weighted by molar-refractivity contribution is -0.146. The van der Waals surface area contributed by atoms with E-state index in [2.05, 4.69) is 13.8 Å². The van der Waals surface area contributed by atoms with E-state index in [9.17, 15) is 4.79 Å². The number of carbonyl (C=O) groups is 1. The summed E-state index contributed by atoms with van der Waals surface area (Å²) in [4.78, 5) is 11.2. The van der Waals surface area contributed by atoms with Crippen molar-refractivity contribution in [3.8, 4) is 0 Å². The average Bonchev–Trinajstić information content (AvgIpc) is 2.12. The van der Waals surface area contributed by atoms with Crippen molar-refractivity contribution in [1.29, 1.82) is 0 Å². The zero-order chi connectivity index (χ0) is 11.0. The molecule has 0 aliphatic heterocycles. The molecule has 0 aromatic carbocycles. The zero-order valence-corrected chi connectivity index (χ0v) is 9.29. The minimum Gasteiger partial charge on any atom is -0.464 e. The summed E-state index contributed by atoms with van der Waals surface area (Å²) in [5, 5.41) is 0. The van der Waals surface area contributed by atoms with E-state index < -0.39 is 6.04 Å². The highest BCUT2D eigenvalue weighted by atomic mass is 16.5. The van der Waals surface area contributed by atoms with Crippen molar-refractivity contribution in [3.05, 3.63) is 0 Å². The maximum atomic E-state index is 11.2. The predicted molar refractivity (Wildman–Crippen MR) is 54.9 cm³/mol. The average molecular weight is 203 g/mol. The molecular formula is C10H21NO3. The Labute approximate surface area is 85.8 Å². The molecule has 0 bridgehead atoms. The van der Waals surface area contributed by atoms with Gasteiger partial charge in [-0.05, 0) is 18.8 Å². The van der Waals surface area contributed by atoms with E-state index in [1.165, 1.54) is 7.11 Å². The molecule has 0 aliphatic carbocycles. The summed E-state index contributed by atoms with van der Waals surface area (Å²) in [6.07, 6.45) is 1.95. The molecule has 0 rings (SSSR count). The number of nitrogens with two attached hydrogens (primary N) is 1. The lowest BCUT2D eigenvalue weighted by Gasteiger charge is -2.10. The second-order valence-electron chi connectivity index (χ2n) is 3.77. The van der Waals surface area contributed by atoms with Crippen LogP contribution in [0.2, 0.25) is 0 Å². The largest absolute Gasteiger partial charge is 0.464 e. The van der Waals surface area contributed by atoms with Crippen molar-refractivity contribution in [2.75, 3.05) is 20.3 Å². The van der Waals surface area contributed by atoms with Crippen LogP contribution < -0.4 is 5.73 Å². The standard InChI is InChI=1S/C10H21NO3/c1-8(2)5-4-6-14-10(12)9(11)7-13-3/h8-9H,4-7,11H2,1-3H3. The van der Waals surface area contributed by atoms with Crippen LogP contribution >= 0.6 is 0 Å². The number of ether oxygens (including phenoxy) is 2. The molecule has 0 saturated heterocycles. The summed E-state index contributed by atoms with van der Waals surface area (Å²) in [6, 6.07) is -0.654. The monoisotopic (exact) mass is 203 g/mol. The molecule has 1 atom stereocenters. The highest BCUT2D eigenvalue weighted by Gasteiger charge is 2.13. The van der Waals surface area contributed by atoms with E-state index >= 15 is 0 Å². The van der Waals surface area contributed by atoms with Gasteiger partial charge < -0.3 is 15.2 Å². The third-order valence-corrected chi connectivity index (χ3v) is 1.82. The van der Waals surface area contributed by atoms with E-state index in [1.807, 2.05) is 0 Å². The fraction of sp³-hybridized carbons (Fsp3) is 0.900. The van der Waals surface area contributed by atoms with Gasteiger partial charge in [0.25, 0.3) is 0 Å². The quantitative estimate of drug-likeness (QED) is 0.494. The maximum Gasteiger partial charge on any atom is 0.325 e. The van der Waals surface area contributed by atoms with E-state index in [0.29, 0.717) is 12.5 Å². The molecule has 0 fully saturated rings. The molecule has 4 heteroatoms. The van der Waals surface area contributed by atoms with Crippen LogP contribution in [0.15, 0.2) is 0 Å². The van der Waals surface area contributed by atoms with Crippen molar-refractivity contribution in [3.63, 3.8) is 0 Å². The van der Waals surface area contributed by atoms with Gasteiger partial charge in [0.1, 0.15) is 6.04 Å². The highest BCUT2D eigenvalue weighted by molar-refractivity contribution is 5.75. The summed E-state index contributed by atoms with van der Waals surface area (Å²) in [5.41, 5.74) is 5.47. The lowest BCUT2D eigenvalue weighted by Crippen LogP contribution is -2.36. The van der Waals surface area contributed by atoms with Crippen LogP contribution in [-0.4, -0.2) is 32.3 Å². The minimum atomic E-state index is -0.654. The number of hydrogen-bond donors (Lipinski definition) is 1. The Bertz CT molecular complexity index is 159. The molecule has 2 N–H and O–H groups in total. The van der Waals surface area contributed by atoms with Gasteiger partial charge in [0.2, 0.25) is 0 Å². The van der Waals surface area contributed by atoms with Crippen molar-refractivity contribution < 1.29 is 14.3 Å². The summed E-state index contributed by atoms with van der Waals surface area (Å²) >= 11 is 0. The number of rotatable bonds is 7. The van der Waals surface area contributed by atoms with Gasteiger partial charge in [0.05, 0.1) is 13.2 Å². The molecule has 0 amide bonds. The molecule has 0 spiro atoms. The van der Waals surface area contributed by atoms with E-state index in [-0.39, 0.29) is 12.6 Å². The Hall–Kier alpha value is -0.610. The molecule has 0 radical (unpaired) electrons. The molecule has 14 heavy (non-hydrogen) atoms. The van der Waals surface area contributed by atoms with Crippen LogP contribution in [0.1, 0.15) is 26.7 Å². The molecule has 0 aliphatic rings. The molecular weight excluding hydrogens is 182 g/mol. The van der Waals surface area contributed by atoms with Gasteiger partial charge in [-0.1, -0.05) is 13.8 Å². The van der Waals surface area contributed by atoms with E-state index in [0.717, 1.165) is 12.8 Å². The first-order valence-electron chi connectivity index (χ1n) is 4.99. The topological polar surface area (TPSA) is 61.5 Å². The van der Waals surface area contributed by atoms with Crippen LogP contribution in [-0.2, 0) is 14.3 Å². The zero-order valence-electron chi connectivity index (χ0n) is 9.29. The van der Waals surface area contributed by atoms with Crippen LogP contribution in [0, 0.1) is 5.92 Å². The smallest absolute Gasteiger partial charge is 0.325 e. The first-order chi connectivity index (χ1) is 6.57. The van der Waals surface area contributed by atoms with Crippen molar-refractivity contribution in [1.82, 2.24) is 0 Å². The Morgan fingerprint density at radius 1 is 1.43 bits per heavy atom. The van der Waals surface area contributed by atoms with Gasteiger partial charge in [0, 0.05) is 7.11 Å². The van der Waals surface area contributed by atoms with Gasteiger partial charge >= 0.3 is 5.97 Å². The van der Waals surface area contributed by atoms with Crippen LogP contribution in [0.3, 0.4) is 0 Å². The Balaban J connectivity index is 3.44. The summed E-state index contributed by atoms with van der Waals surface area (Å²) in [5.74, 6) is 0.261. The SMILES string of the molecule is COCC(N)C(=O)OCCCC(C)C. The molecule has 0 aromatic heterocycles. The highest BCUT2D eigenvalue weighted by Crippen LogP contribution is 2.03. The normalized spacial score (nSPS) is 12.9. The fourth-order valence-corrected chi connectivity index (χ4v) is 1.02.